The Morgan fingerprint density at radius 1 is 1.11 bits per heavy atom. The molecule has 0 atom stereocenters. The topological polar surface area (TPSA) is 20.3 Å². The van der Waals surface area contributed by atoms with Crippen molar-refractivity contribution in [1.82, 2.24) is 0 Å². The predicted octanol–water partition coefficient (Wildman–Crippen LogP) is 4.73. The van der Waals surface area contributed by atoms with E-state index in [1.165, 1.54) is 5.56 Å². The summed E-state index contributed by atoms with van der Waals surface area (Å²) in [6.07, 6.45) is 0.857. The van der Waals surface area contributed by atoms with Gasteiger partial charge in [0.2, 0.25) is 0 Å². The molecule has 0 radical (unpaired) electrons. The van der Waals surface area contributed by atoms with Crippen LogP contribution in [0.3, 0.4) is 0 Å². The molecule has 0 unspecified atom stereocenters. The summed E-state index contributed by atoms with van der Waals surface area (Å²) in [5, 5.41) is 0. The van der Waals surface area contributed by atoms with Crippen LogP contribution in [0.15, 0.2) is 46.9 Å². The normalized spacial score (nSPS) is 10.3. The van der Waals surface area contributed by atoms with Gasteiger partial charge < -0.3 is 4.90 Å². The molecule has 0 aromatic heterocycles. The average molecular weight is 318 g/mol. The Labute approximate surface area is 122 Å². The molecule has 98 valence electrons. The highest BCUT2D eigenvalue weighted by Gasteiger charge is 2.09. The molecule has 0 spiro atoms. The average Bonchev–Trinajstić information content (AvgIpc) is 2.42. The van der Waals surface area contributed by atoms with E-state index in [2.05, 4.69) is 58.9 Å². The van der Waals surface area contributed by atoms with Gasteiger partial charge in [0.1, 0.15) is 0 Å². The Kier molecular flexibility index (Phi) is 4.38. The highest BCUT2D eigenvalue weighted by Crippen LogP contribution is 2.29. The van der Waals surface area contributed by atoms with Crippen molar-refractivity contribution in [3.8, 4) is 0 Å². The van der Waals surface area contributed by atoms with E-state index in [1.807, 2.05) is 18.2 Å². The maximum absolute atomic E-state index is 10.8. The first-order valence-corrected chi connectivity index (χ1v) is 7.04. The second-order valence-electron chi connectivity index (χ2n) is 4.40. The second kappa shape index (κ2) is 6.02. The SMILES string of the molecule is CCN(c1ccc(C)cc1)c1ccc(C=O)c(Br)c1. The maximum atomic E-state index is 10.8. The summed E-state index contributed by atoms with van der Waals surface area (Å²) in [6, 6.07) is 14.2. The van der Waals surface area contributed by atoms with Crippen molar-refractivity contribution < 1.29 is 4.79 Å². The van der Waals surface area contributed by atoms with Gasteiger partial charge in [-0.15, -0.1) is 0 Å². The summed E-state index contributed by atoms with van der Waals surface area (Å²) in [5.41, 5.74) is 4.14. The third kappa shape index (κ3) is 3.04. The number of nitrogens with zero attached hydrogens (tertiary/aromatic N) is 1. The zero-order valence-electron chi connectivity index (χ0n) is 11.1. The lowest BCUT2D eigenvalue weighted by Crippen LogP contribution is -2.16. The highest BCUT2D eigenvalue weighted by molar-refractivity contribution is 9.10. The van der Waals surface area contributed by atoms with Crippen molar-refractivity contribution in [1.29, 1.82) is 0 Å². The van der Waals surface area contributed by atoms with Crippen molar-refractivity contribution in [2.75, 3.05) is 11.4 Å². The van der Waals surface area contributed by atoms with Crippen molar-refractivity contribution in [3.05, 3.63) is 58.1 Å². The molecule has 0 aliphatic rings. The minimum atomic E-state index is 0.670. The predicted molar refractivity (Wildman–Crippen MR) is 83.4 cm³/mol. The van der Waals surface area contributed by atoms with Gasteiger partial charge >= 0.3 is 0 Å². The number of rotatable bonds is 4. The van der Waals surface area contributed by atoms with Gasteiger partial charge in [-0.25, -0.2) is 0 Å². The molecule has 2 rings (SSSR count). The molecule has 2 aromatic carbocycles. The van der Waals surface area contributed by atoms with E-state index in [1.54, 1.807) is 0 Å². The molecule has 19 heavy (non-hydrogen) atoms. The Hall–Kier alpha value is -1.61. The van der Waals surface area contributed by atoms with E-state index in [0.717, 1.165) is 28.7 Å². The van der Waals surface area contributed by atoms with E-state index in [4.69, 9.17) is 0 Å². The molecular formula is C16H16BrNO. The molecule has 0 fully saturated rings. The Bertz CT molecular complexity index is 578. The highest BCUT2D eigenvalue weighted by atomic mass is 79.9. The van der Waals surface area contributed by atoms with E-state index in [-0.39, 0.29) is 0 Å². The minimum Gasteiger partial charge on any atom is -0.342 e. The van der Waals surface area contributed by atoms with Gasteiger partial charge in [-0.3, -0.25) is 4.79 Å². The zero-order chi connectivity index (χ0) is 13.8. The lowest BCUT2D eigenvalue weighted by Gasteiger charge is -2.24. The summed E-state index contributed by atoms with van der Waals surface area (Å²) in [4.78, 5) is 13.0. The third-order valence-corrected chi connectivity index (χ3v) is 3.77. The molecule has 0 heterocycles. The lowest BCUT2D eigenvalue weighted by molar-refractivity contribution is 0.112. The van der Waals surface area contributed by atoms with Crippen LogP contribution in [0.25, 0.3) is 0 Å². The minimum absolute atomic E-state index is 0.670. The first-order valence-electron chi connectivity index (χ1n) is 6.24. The number of carbonyl (C=O) groups excluding carboxylic acids is 1. The van der Waals surface area contributed by atoms with E-state index < -0.39 is 0 Å². The Morgan fingerprint density at radius 2 is 1.74 bits per heavy atom. The number of benzene rings is 2. The summed E-state index contributed by atoms with van der Waals surface area (Å²) in [6.45, 7) is 5.06. The molecule has 0 saturated carbocycles. The largest absolute Gasteiger partial charge is 0.342 e. The van der Waals surface area contributed by atoms with Crippen LogP contribution in [0.2, 0.25) is 0 Å². The number of carbonyl (C=O) groups is 1. The molecule has 0 N–H and O–H groups in total. The summed E-state index contributed by atoms with van der Waals surface area (Å²) in [7, 11) is 0. The molecule has 2 aromatic rings. The van der Waals surface area contributed by atoms with Crippen molar-refractivity contribution in [2.24, 2.45) is 0 Å². The lowest BCUT2D eigenvalue weighted by atomic mass is 10.1. The molecule has 0 aliphatic heterocycles. The van der Waals surface area contributed by atoms with Crippen molar-refractivity contribution >= 4 is 33.6 Å². The molecule has 0 aliphatic carbocycles. The summed E-state index contributed by atoms with van der Waals surface area (Å²) < 4.78 is 0.825. The fraction of sp³-hybridized carbons (Fsp3) is 0.188. The number of hydrogen-bond acceptors (Lipinski definition) is 2. The number of aldehydes is 1. The fourth-order valence-corrected chi connectivity index (χ4v) is 2.48. The van der Waals surface area contributed by atoms with Gasteiger partial charge in [-0.1, -0.05) is 17.7 Å². The van der Waals surface area contributed by atoms with Crippen LogP contribution in [-0.2, 0) is 0 Å². The molecule has 3 heteroatoms. The van der Waals surface area contributed by atoms with Crippen LogP contribution >= 0.6 is 15.9 Å². The first-order chi connectivity index (χ1) is 9.15. The summed E-state index contributed by atoms with van der Waals surface area (Å²) >= 11 is 3.43. The summed E-state index contributed by atoms with van der Waals surface area (Å²) in [5.74, 6) is 0. The number of halogens is 1. The van der Waals surface area contributed by atoms with Crippen LogP contribution in [0.5, 0.6) is 0 Å². The van der Waals surface area contributed by atoms with Gasteiger partial charge in [0.25, 0.3) is 0 Å². The van der Waals surface area contributed by atoms with E-state index >= 15 is 0 Å². The standard InChI is InChI=1S/C16H16BrNO/c1-3-18(14-7-4-12(2)5-8-14)15-9-6-13(11-19)16(17)10-15/h4-11H,3H2,1-2H3. The van der Waals surface area contributed by atoms with Crippen LogP contribution < -0.4 is 4.90 Å². The molecule has 0 amide bonds. The third-order valence-electron chi connectivity index (χ3n) is 3.08. The van der Waals surface area contributed by atoms with Gasteiger partial charge in [0, 0.05) is 28.0 Å². The van der Waals surface area contributed by atoms with E-state index in [0.29, 0.717) is 5.56 Å². The van der Waals surface area contributed by atoms with Crippen LogP contribution in [-0.4, -0.2) is 12.8 Å². The Morgan fingerprint density at radius 3 is 2.26 bits per heavy atom. The van der Waals surface area contributed by atoms with Crippen molar-refractivity contribution in [2.45, 2.75) is 13.8 Å². The van der Waals surface area contributed by atoms with Crippen LogP contribution in [0.4, 0.5) is 11.4 Å². The monoisotopic (exact) mass is 317 g/mol. The smallest absolute Gasteiger partial charge is 0.151 e. The number of aryl methyl sites for hydroxylation is 1. The maximum Gasteiger partial charge on any atom is 0.151 e. The molecule has 2 nitrogen and oxygen atoms in total. The fourth-order valence-electron chi connectivity index (χ4n) is 2.02. The quantitative estimate of drug-likeness (QED) is 0.760. The second-order valence-corrected chi connectivity index (χ2v) is 5.26. The van der Waals surface area contributed by atoms with E-state index in [9.17, 15) is 4.79 Å². The van der Waals surface area contributed by atoms with Crippen LogP contribution in [0, 0.1) is 6.92 Å². The van der Waals surface area contributed by atoms with Gasteiger partial charge in [0.05, 0.1) is 0 Å². The van der Waals surface area contributed by atoms with Crippen LogP contribution in [0.1, 0.15) is 22.8 Å². The first kappa shape index (κ1) is 13.8. The van der Waals surface area contributed by atoms with Gasteiger partial charge in [-0.2, -0.15) is 0 Å². The number of hydrogen-bond donors (Lipinski definition) is 0. The van der Waals surface area contributed by atoms with Gasteiger partial charge in [0.15, 0.2) is 6.29 Å². The number of anilines is 2. The zero-order valence-corrected chi connectivity index (χ0v) is 12.6. The van der Waals surface area contributed by atoms with Crippen molar-refractivity contribution in [3.63, 3.8) is 0 Å². The molecule has 0 saturated heterocycles. The van der Waals surface area contributed by atoms with Gasteiger partial charge in [-0.05, 0) is 60.1 Å². The molecular weight excluding hydrogens is 302 g/mol. The molecule has 0 bridgehead atoms. The Balaban J connectivity index is 2.39.